The van der Waals surface area contributed by atoms with Gasteiger partial charge in [0, 0.05) is 18.5 Å². The molecule has 0 aromatic carbocycles. The molecular weight excluding hydrogens is 270 g/mol. The molecule has 0 saturated heterocycles. The Bertz CT molecular complexity index is 703. The third-order valence-corrected chi connectivity index (χ3v) is 4.54. The fourth-order valence-electron chi connectivity index (χ4n) is 2.37. The average molecular weight is 287 g/mol. The van der Waals surface area contributed by atoms with E-state index in [1.54, 1.807) is 17.5 Å². The third kappa shape index (κ3) is 2.59. The quantitative estimate of drug-likeness (QED) is 0.708. The number of fused-ring (bicyclic) bond motifs is 1. The van der Waals surface area contributed by atoms with Crippen molar-refractivity contribution >= 4 is 21.6 Å². The van der Waals surface area contributed by atoms with Crippen LogP contribution in [0.15, 0.2) is 24.4 Å². The fraction of sp³-hybridized carbons (Fsp3) is 0.333. The lowest BCUT2D eigenvalue weighted by molar-refractivity contribution is 0.284. The van der Waals surface area contributed by atoms with Gasteiger partial charge in [0.05, 0.1) is 20.8 Å². The standard InChI is InChI=1S/C15H17N3OS/c1-10-8-11(4-2-3-7-19)15-13(17-10)9-14(20-15)12-5-6-16-18-12/h5-6,8-9,19H,2-4,7H2,1H3,(H,16,18). The van der Waals surface area contributed by atoms with Crippen LogP contribution in [0.25, 0.3) is 20.8 Å². The average Bonchev–Trinajstić information content (AvgIpc) is 3.06. The highest BCUT2D eigenvalue weighted by atomic mass is 32.1. The molecule has 4 nitrogen and oxygen atoms in total. The van der Waals surface area contributed by atoms with Crippen LogP contribution in [0.1, 0.15) is 24.1 Å². The van der Waals surface area contributed by atoms with E-state index in [0.717, 1.165) is 36.2 Å². The number of nitrogens with one attached hydrogen (secondary N) is 1. The van der Waals surface area contributed by atoms with Gasteiger partial charge in [0.25, 0.3) is 0 Å². The van der Waals surface area contributed by atoms with Gasteiger partial charge in [-0.3, -0.25) is 10.1 Å². The summed E-state index contributed by atoms with van der Waals surface area (Å²) in [5, 5.41) is 15.9. The Labute approximate surface area is 121 Å². The lowest BCUT2D eigenvalue weighted by atomic mass is 10.1. The van der Waals surface area contributed by atoms with Crippen molar-refractivity contribution in [2.45, 2.75) is 26.2 Å². The first-order chi connectivity index (χ1) is 9.78. The molecule has 20 heavy (non-hydrogen) atoms. The number of hydrogen-bond acceptors (Lipinski definition) is 4. The van der Waals surface area contributed by atoms with Crippen molar-refractivity contribution in [2.24, 2.45) is 0 Å². The molecular formula is C15H17N3OS. The molecule has 0 aliphatic carbocycles. The summed E-state index contributed by atoms with van der Waals surface area (Å²) >= 11 is 1.75. The Morgan fingerprint density at radius 2 is 2.20 bits per heavy atom. The van der Waals surface area contributed by atoms with Crippen LogP contribution in [0.4, 0.5) is 0 Å². The SMILES string of the molecule is Cc1cc(CCCCO)c2sc(-c3ccn[nH]3)cc2n1. The van der Waals surface area contributed by atoms with Crippen LogP contribution in [0.2, 0.25) is 0 Å². The Kier molecular flexibility index (Phi) is 3.80. The molecule has 0 fully saturated rings. The minimum atomic E-state index is 0.261. The number of aromatic nitrogens is 3. The summed E-state index contributed by atoms with van der Waals surface area (Å²) in [5.41, 5.74) is 4.47. The summed E-state index contributed by atoms with van der Waals surface area (Å²) in [7, 11) is 0. The second-order valence-corrected chi connectivity index (χ2v) is 5.95. The lowest BCUT2D eigenvalue weighted by Gasteiger charge is -2.03. The number of pyridine rings is 1. The summed E-state index contributed by atoms with van der Waals surface area (Å²) in [4.78, 5) is 5.79. The molecule has 2 N–H and O–H groups in total. The zero-order chi connectivity index (χ0) is 13.9. The number of hydrogen-bond donors (Lipinski definition) is 2. The molecule has 0 amide bonds. The molecule has 0 spiro atoms. The Balaban J connectivity index is 2.01. The molecule has 0 atom stereocenters. The van der Waals surface area contributed by atoms with E-state index in [9.17, 15) is 0 Å². The van der Waals surface area contributed by atoms with E-state index >= 15 is 0 Å². The van der Waals surface area contributed by atoms with E-state index in [1.807, 2.05) is 13.0 Å². The van der Waals surface area contributed by atoms with Crippen LogP contribution in [0.3, 0.4) is 0 Å². The van der Waals surface area contributed by atoms with Crippen molar-refractivity contribution in [1.29, 1.82) is 0 Å². The van der Waals surface area contributed by atoms with Crippen LogP contribution in [0, 0.1) is 6.92 Å². The van der Waals surface area contributed by atoms with Crippen LogP contribution in [0.5, 0.6) is 0 Å². The van der Waals surface area contributed by atoms with E-state index in [4.69, 9.17) is 5.11 Å². The number of aromatic amines is 1. The van der Waals surface area contributed by atoms with Crippen molar-refractivity contribution in [1.82, 2.24) is 15.2 Å². The van der Waals surface area contributed by atoms with Crippen molar-refractivity contribution in [3.63, 3.8) is 0 Å². The van der Waals surface area contributed by atoms with Gasteiger partial charge in [0.15, 0.2) is 0 Å². The Hall–Kier alpha value is -1.72. The number of nitrogens with zero attached hydrogens (tertiary/aromatic N) is 2. The molecule has 0 radical (unpaired) electrons. The van der Waals surface area contributed by atoms with Crippen molar-refractivity contribution in [3.05, 3.63) is 35.7 Å². The number of thiophene rings is 1. The van der Waals surface area contributed by atoms with Crippen LogP contribution < -0.4 is 0 Å². The maximum absolute atomic E-state index is 8.92. The molecule has 0 bridgehead atoms. The predicted octanol–water partition coefficient (Wildman–Crippen LogP) is 3.31. The first-order valence-electron chi connectivity index (χ1n) is 6.78. The van der Waals surface area contributed by atoms with Gasteiger partial charge in [-0.2, -0.15) is 5.10 Å². The van der Waals surface area contributed by atoms with Gasteiger partial charge in [-0.1, -0.05) is 0 Å². The van der Waals surface area contributed by atoms with Crippen molar-refractivity contribution in [2.75, 3.05) is 6.61 Å². The van der Waals surface area contributed by atoms with E-state index in [-0.39, 0.29) is 6.61 Å². The van der Waals surface area contributed by atoms with Gasteiger partial charge >= 0.3 is 0 Å². The molecule has 104 valence electrons. The molecule has 3 heterocycles. The minimum absolute atomic E-state index is 0.261. The highest BCUT2D eigenvalue weighted by Crippen LogP contribution is 2.34. The highest BCUT2D eigenvalue weighted by Gasteiger charge is 2.11. The van der Waals surface area contributed by atoms with E-state index in [0.29, 0.717) is 0 Å². The van der Waals surface area contributed by atoms with Crippen LogP contribution in [-0.2, 0) is 6.42 Å². The summed E-state index contributed by atoms with van der Waals surface area (Å²) in [6, 6.07) is 6.26. The summed E-state index contributed by atoms with van der Waals surface area (Å²) in [6.07, 6.45) is 4.61. The second kappa shape index (κ2) is 5.73. The molecule has 0 aliphatic heterocycles. The number of H-pyrrole nitrogens is 1. The third-order valence-electron chi connectivity index (χ3n) is 3.30. The van der Waals surface area contributed by atoms with Gasteiger partial charge in [-0.05, 0) is 49.9 Å². The Morgan fingerprint density at radius 1 is 1.30 bits per heavy atom. The second-order valence-electron chi connectivity index (χ2n) is 4.90. The van der Waals surface area contributed by atoms with Gasteiger partial charge in [0.1, 0.15) is 0 Å². The monoisotopic (exact) mass is 287 g/mol. The van der Waals surface area contributed by atoms with Crippen LogP contribution in [-0.4, -0.2) is 26.9 Å². The van der Waals surface area contributed by atoms with E-state index < -0.39 is 0 Å². The minimum Gasteiger partial charge on any atom is -0.396 e. The largest absolute Gasteiger partial charge is 0.396 e. The maximum atomic E-state index is 8.92. The number of rotatable bonds is 5. The number of aryl methyl sites for hydroxylation is 2. The smallest absolute Gasteiger partial charge is 0.0822 e. The van der Waals surface area contributed by atoms with Gasteiger partial charge in [-0.25, -0.2) is 0 Å². The summed E-state index contributed by atoms with van der Waals surface area (Å²) < 4.78 is 1.25. The molecule has 3 rings (SSSR count). The van der Waals surface area contributed by atoms with Gasteiger partial charge in [-0.15, -0.1) is 11.3 Å². The first-order valence-corrected chi connectivity index (χ1v) is 7.60. The number of aliphatic hydroxyl groups excluding tert-OH is 1. The lowest BCUT2D eigenvalue weighted by Crippen LogP contribution is -1.91. The Morgan fingerprint density at radius 3 is 2.95 bits per heavy atom. The summed E-state index contributed by atoms with van der Waals surface area (Å²) in [5.74, 6) is 0. The fourth-order valence-corrected chi connectivity index (χ4v) is 3.49. The van der Waals surface area contributed by atoms with Gasteiger partial charge in [0.2, 0.25) is 0 Å². The number of aliphatic hydroxyl groups is 1. The molecule has 0 unspecified atom stereocenters. The molecule has 3 aromatic heterocycles. The van der Waals surface area contributed by atoms with E-state index in [1.165, 1.54) is 15.1 Å². The molecule has 0 aliphatic rings. The summed E-state index contributed by atoms with van der Waals surface area (Å²) in [6.45, 7) is 2.29. The number of unbranched alkanes of at least 4 members (excludes halogenated alkanes) is 1. The zero-order valence-electron chi connectivity index (χ0n) is 11.4. The first kappa shape index (κ1) is 13.3. The molecule has 5 heteroatoms. The topological polar surface area (TPSA) is 61.8 Å². The molecule has 3 aromatic rings. The van der Waals surface area contributed by atoms with Crippen molar-refractivity contribution in [3.8, 4) is 10.6 Å². The normalized spacial score (nSPS) is 11.3. The van der Waals surface area contributed by atoms with E-state index in [2.05, 4.69) is 27.3 Å². The van der Waals surface area contributed by atoms with Crippen molar-refractivity contribution < 1.29 is 5.11 Å². The highest BCUT2D eigenvalue weighted by molar-refractivity contribution is 7.22. The zero-order valence-corrected chi connectivity index (χ0v) is 12.2. The predicted molar refractivity (Wildman–Crippen MR) is 82.0 cm³/mol. The van der Waals surface area contributed by atoms with Crippen LogP contribution >= 0.6 is 11.3 Å². The molecule has 0 saturated carbocycles. The van der Waals surface area contributed by atoms with Gasteiger partial charge < -0.3 is 5.11 Å². The maximum Gasteiger partial charge on any atom is 0.0822 e.